The first-order valence-electron chi connectivity index (χ1n) is 11.1. The van der Waals surface area contributed by atoms with Crippen molar-refractivity contribution in [3.63, 3.8) is 0 Å². The van der Waals surface area contributed by atoms with Gasteiger partial charge in [0.1, 0.15) is 12.1 Å². The molecule has 5 unspecified atom stereocenters. The Morgan fingerprint density at radius 1 is 0.844 bits per heavy atom. The monoisotopic (exact) mass is 459 g/mol. The molecule has 0 bridgehead atoms. The maximum Gasteiger partial charge on any atom is 0.328 e. The number of aliphatic hydroxyl groups is 1. The Morgan fingerprint density at radius 2 is 1.41 bits per heavy atom. The Bertz CT molecular complexity index is 626. The lowest BCUT2D eigenvalue weighted by atomic mass is 9.99. The molecule has 0 rings (SSSR count). The molecule has 3 amide bonds. The van der Waals surface area contributed by atoms with Gasteiger partial charge in [0, 0.05) is 0 Å². The fraction of sp³-hybridized carbons (Fsp3) is 0.810. The Morgan fingerprint density at radius 3 is 1.84 bits per heavy atom. The molecule has 32 heavy (non-hydrogen) atoms. The molecule has 0 saturated heterocycles. The van der Waals surface area contributed by atoms with Gasteiger partial charge in [-0.25, -0.2) is 4.79 Å². The Hall–Kier alpha value is -2.24. The maximum atomic E-state index is 12.9. The van der Waals surface area contributed by atoms with Crippen molar-refractivity contribution in [2.24, 2.45) is 23.3 Å². The number of hydrogen-bond donors (Lipinski definition) is 7. The molecule has 0 saturated carbocycles. The first-order valence-corrected chi connectivity index (χ1v) is 11.1. The molecular weight excluding hydrogens is 418 g/mol. The number of rotatable bonds is 15. The quantitative estimate of drug-likeness (QED) is 0.152. The third-order valence-electron chi connectivity index (χ3n) is 4.94. The number of carboxylic acid groups (broad SMARTS) is 1. The second kappa shape index (κ2) is 14.8. The lowest BCUT2D eigenvalue weighted by Crippen LogP contribution is -2.59. The van der Waals surface area contributed by atoms with Crippen molar-refractivity contribution >= 4 is 23.7 Å². The van der Waals surface area contributed by atoms with Crippen LogP contribution in [0.15, 0.2) is 0 Å². The molecule has 0 aliphatic heterocycles. The van der Waals surface area contributed by atoms with Gasteiger partial charge in [0.25, 0.3) is 0 Å². The summed E-state index contributed by atoms with van der Waals surface area (Å²) in [6.45, 7) is 8.99. The highest BCUT2D eigenvalue weighted by Gasteiger charge is 2.32. The van der Waals surface area contributed by atoms with Crippen molar-refractivity contribution in [3.05, 3.63) is 0 Å². The van der Waals surface area contributed by atoms with Crippen LogP contribution in [-0.4, -0.2) is 70.7 Å². The zero-order chi connectivity index (χ0) is 25.0. The number of nitrogens with one attached hydrogen (secondary N) is 3. The minimum absolute atomic E-state index is 0.203. The minimum atomic E-state index is -1.52. The number of amides is 3. The molecule has 0 heterocycles. The van der Waals surface area contributed by atoms with E-state index in [2.05, 4.69) is 16.0 Å². The summed E-state index contributed by atoms with van der Waals surface area (Å²) in [6.07, 6.45) is 0.457. The number of nitrogens with two attached hydrogens (primary N) is 2. The molecule has 5 atom stereocenters. The molecule has 0 aliphatic rings. The van der Waals surface area contributed by atoms with E-state index < -0.39 is 54.0 Å². The molecule has 0 spiro atoms. The van der Waals surface area contributed by atoms with Gasteiger partial charge >= 0.3 is 5.97 Å². The van der Waals surface area contributed by atoms with E-state index in [4.69, 9.17) is 11.5 Å². The zero-order valence-corrected chi connectivity index (χ0v) is 19.8. The van der Waals surface area contributed by atoms with Gasteiger partial charge in [-0.2, -0.15) is 0 Å². The van der Waals surface area contributed by atoms with Crippen LogP contribution in [0.2, 0.25) is 0 Å². The fourth-order valence-electron chi connectivity index (χ4n) is 3.08. The molecule has 0 aromatic carbocycles. The van der Waals surface area contributed by atoms with Gasteiger partial charge < -0.3 is 37.6 Å². The van der Waals surface area contributed by atoms with E-state index in [9.17, 15) is 29.4 Å². The van der Waals surface area contributed by atoms with E-state index in [1.165, 1.54) is 6.92 Å². The fourth-order valence-corrected chi connectivity index (χ4v) is 3.08. The van der Waals surface area contributed by atoms with E-state index in [0.29, 0.717) is 25.8 Å². The number of carbonyl (C=O) groups excluding carboxylic acids is 3. The predicted octanol–water partition coefficient (Wildman–Crippen LogP) is -0.935. The average Bonchev–Trinajstić information content (AvgIpc) is 2.67. The third kappa shape index (κ3) is 10.9. The van der Waals surface area contributed by atoms with Gasteiger partial charge in [0.15, 0.2) is 6.04 Å². The van der Waals surface area contributed by atoms with Crippen LogP contribution in [-0.2, 0) is 19.2 Å². The highest BCUT2D eigenvalue weighted by molar-refractivity contribution is 5.94. The van der Waals surface area contributed by atoms with Crippen LogP contribution in [0.1, 0.15) is 60.3 Å². The summed E-state index contributed by atoms with van der Waals surface area (Å²) >= 11 is 0. The van der Waals surface area contributed by atoms with Crippen molar-refractivity contribution in [1.29, 1.82) is 0 Å². The standard InChI is InChI=1S/C21H41N5O6/c1-11(2)10-14(23)18(28)25-16(12(3)4)20(30)24-15(8-6-7-9-22)19(29)26-17(13(5)27)21(31)32/h11-17,27H,6-10,22-23H2,1-5H3,(H,24,30)(H,25,28)(H,26,29)(H,31,32). The molecule has 11 nitrogen and oxygen atoms in total. The number of carboxylic acids is 1. The predicted molar refractivity (Wildman–Crippen MR) is 120 cm³/mol. The van der Waals surface area contributed by atoms with Gasteiger partial charge in [-0.1, -0.05) is 27.7 Å². The lowest BCUT2D eigenvalue weighted by molar-refractivity contribution is -0.145. The summed E-state index contributed by atoms with van der Waals surface area (Å²) in [6, 6.07) is -4.28. The third-order valence-corrected chi connectivity index (χ3v) is 4.94. The van der Waals surface area contributed by atoms with Crippen molar-refractivity contribution in [3.8, 4) is 0 Å². The molecular formula is C21H41N5O6. The molecule has 9 N–H and O–H groups in total. The van der Waals surface area contributed by atoms with Crippen molar-refractivity contribution < 1.29 is 29.4 Å². The number of hydrogen-bond acceptors (Lipinski definition) is 7. The second-order valence-electron chi connectivity index (χ2n) is 8.88. The molecule has 11 heteroatoms. The van der Waals surface area contributed by atoms with E-state index in [1.54, 1.807) is 13.8 Å². The summed E-state index contributed by atoms with van der Waals surface area (Å²) in [7, 11) is 0. The van der Waals surface area contributed by atoms with Crippen LogP contribution in [0.4, 0.5) is 0 Å². The first kappa shape index (κ1) is 29.8. The topological polar surface area (TPSA) is 197 Å². The largest absolute Gasteiger partial charge is 0.480 e. The van der Waals surface area contributed by atoms with Crippen LogP contribution in [0.3, 0.4) is 0 Å². The molecule has 0 aliphatic carbocycles. The summed E-state index contributed by atoms with van der Waals surface area (Å²) in [4.78, 5) is 49.4. The number of unbranched alkanes of at least 4 members (excludes halogenated alkanes) is 1. The maximum absolute atomic E-state index is 12.9. The van der Waals surface area contributed by atoms with E-state index in [0.717, 1.165) is 0 Å². The number of carbonyl (C=O) groups is 4. The normalized spacial score (nSPS) is 16.1. The number of aliphatic carboxylic acids is 1. The van der Waals surface area contributed by atoms with Crippen molar-refractivity contribution in [2.75, 3.05) is 6.54 Å². The van der Waals surface area contributed by atoms with E-state index in [-0.39, 0.29) is 18.3 Å². The van der Waals surface area contributed by atoms with Gasteiger partial charge in [-0.3, -0.25) is 14.4 Å². The second-order valence-corrected chi connectivity index (χ2v) is 8.88. The van der Waals surface area contributed by atoms with Crippen LogP contribution in [0, 0.1) is 11.8 Å². The van der Waals surface area contributed by atoms with E-state index in [1.807, 2.05) is 13.8 Å². The van der Waals surface area contributed by atoms with Crippen molar-refractivity contribution in [2.45, 2.75) is 90.6 Å². The summed E-state index contributed by atoms with van der Waals surface area (Å²) < 4.78 is 0. The van der Waals surface area contributed by atoms with Gasteiger partial charge in [-0.15, -0.1) is 0 Å². The van der Waals surface area contributed by atoms with Crippen LogP contribution >= 0.6 is 0 Å². The lowest BCUT2D eigenvalue weighted by Gasteiger charge is -2.27. The van der Waals surface area contributed by atoms with Crippen LogP contribution in [0.25, 0.3) is 0 Å². The zero-order valence-electron chi connectivity index (χ0n) is 19.8. The Kier molecular flexibility index (Phi) is 13.7. The molecule has 0 aromatic heterocycles. The highest BCUT2D eigenvalue weighted by atomic mass is 16.4. The average molecular weight is 460 g/mol. The SMILES string of the molecule is CC(C)CC(N)C(=O)NC(C(=O)NC(CCCCN)C(=O)NC(C(=O)O)C(C)O)C(C)C. The van der Waals surface area contributed by atoms with Crippen LogP contribution < -0.4 is 27.4 Å². The summed E-state index contributed by atoms with van der Waals surface area (Å²) in [5, 5.41) is 26.3. The summed E-state index contributed by atoms with van der Waals surface area (Å²) in [5.41, 5.74) is 11.4. The van der Waals surface area contributed by atoms with Crippen molar-refractivity contribution in [1.82, 2.24) is 16.0 Å². The van der Waals surface area contributed by atoms with Gasteiger partial charge in [-0.05, 0) is 51.0 Å². The van der Waals surface area contributed by atoms with Gasteiger partial charge in [0.2, 0.25) is 17.7 Å². The molecule has 0 fully saturated rings. The highest BCUT2D eigenvalue weighted by Crippen LogP contribution is 2.09. The number of aliphatic hydroxyl groups excluding tert-OH is 1. The Labute approximate surface area is 190 Å². The summed E-state index contributed by atoms with van der Waals surface area (Å²) in [5.74, 6) is -3.27. The van der Waals surface area contributed by atoms with Gasteiger partial charge in [0.05, 0.1) is 12.1 Å². The Balaban J connectivity index is 5.42. The molecule has 186 valence electrons. The smallest absolute Gasteiger partial charge is 0.328 e. The molecule has 0 aromatic rings. The molecule has 0 radical (unpaired) electrons. The first-order chi connectivity index (χ1) is 14.8. The minimum Gasteiger partial charge on any atom is -0.480 e. The van der Waals surface area contributed by atoms with Crippen LogP contribution in [0.5, 0.6) is 0 Å². The van der Waals surface area contributed by atoms with E-state index >= 15 is 0 Å².